The molecule has 7 heteroatoms. The number of hydrogen-bond donors (Lipinski definition) is 2. The van der Waals surface area contributed by atoms with Gasteiger partial charge < -0.3 is 24.7 Å². The van der Waals surface area contributed by atoms with Crippen LogP contribution in [0.3, 0.4) is 0 Å². The first-order chi connectivity index (χ1) is 16.6. The SMILES string of the molecule is COc1ccc(NC(=O)N(CCc2ccccc2)Cc2cc3cc(OC)ccc3[nH]c2=O)cc1. The van der Waals surface area contributed by atoms with Crippen LogP contribution in [0.2, 0.25) is 0 Å². The Labute approximate surface area is 197 Å². The molecule has 0 aliphatic rings. The van der Waals surface area contributed by atoms with Gasteiger partial charge in [-0.15, -0.1) is 0 Å². The largest absolute Gasteiger partial charge is 0.497 e. The maximum absolute atomic E-state index is 13.2. The van der Waals surface area contributed by atoms with E-state index in [9.17, 15) is 9.59 Å². The van der Waals surface area contributed by atoms with E-state index in [-0.39, 0.29) is 18.1 Å². The van der Waals surface area contributed by atoms with Gasteiger partial charge in [-0.05, 0) is 60.5 Å². The predicted molar refractivity (Wildman–Crippen MR) is 134 cm³/mol. The van der Waals surface area contributed by atoms with Gasteiger partial charge in [0.05, 0.1) is 20.8 Å². The summed E-state index contributed by atoms with van der Waals surface area (Å²) in [5, 5.41) is 3.76. The number of carbonyl (C=O) groups is 1. The molecular formula is C27H27N3O4. The van der Waals surface area contributed by atoms with Crippen molar-refractivity contribution < 1.29 is 14.3 Å². The number of hydrogen-bond acceptors (Lipinski definition) is 4. The number of amides is 2. The molecule has 174 valence electrons. The topological polar surface area (TPSA) is 83.7 Å². The molecule has 4 aromatic rings. The number of rotatable bonds is 8. The first kappa shape index (κ1) is 22.9. The summed E-state index contributed by atoms with van der Waals surface area (Å²) in [4.78, 5) is 30.6. The van der Waals surface area contributed by atoms with Crippen molar-refractivity contribution in [2.24, 2.45) is 0 Å². The number of H-pyrrole nitrogens is 1. The van der Waals surface area contributed by atoms with Gasteiger partial charge in [-0.3, -0.25) is 4.79 Å². The zero-order valence-corrected chi connectivity index (χ0v) is 19.2. The highest BCUT2D eigenvalue weighted by atomic mass is 16.5. The van der Waals surface area contributed by atoms with E-state index in [0.29, 0.717) is 41.2 Å². The van der Waals surface area contributed by atoms with E-state index >= 15 is 0 Å². The molecule has 2 amide bonds. The first-order valence-corrected chi connectivity index (χ1v) is 11.0. The van der Waals surface area contributed by atoms with Crippen LogP contribution < -0.4 is 20.3 Å². The summed E-state index contributed by atoms with van der Waals surface area (Å²) in [6.07, 6.45) is 0.663. The van der Waals surface area contributed by atoms with E-state index in [1.807, 2.05) is 48.5 Å². The summed E-state index contributed by atoms with van der Waals surface area (Å²) in [5.41, 5.74) is 2.75. The molecule has 0 aliphatic heterocycles. The number of aromatic nitrogens is 1. The quantitative estimate of drug-likeness (QED) is 0.397. The minimum Gasteiger partial charge on any atom is -0.497 e. The number of pyridine rings is 1. The van der Waals surface area contributed by atoms with Crippen molar-refractivity contribution in [3.8, 4) is 11.5 Å². The van der Waals surface area contributed by atoms with Gasteiger partial charge >= 0.3 is 6.03 Å². The Bertz CT molecular complexity index is 1320. The van der Waals surface area contributed by atoms with Crippen molar-refractivity contribution in [2.75, 3.05) is 26.1 Å². The van der Waals surface area contributed by atoms with Crippen LogP contribution in [0, 0.1) is 0 Å². The maximum atomic E-state index is 13.2. The molecule has 4 rings (SSSR count). The smallest absolute Gasteiger partial charge is 0.322 e. The Morgan fingerprint density at radius 2 is 1.62 bits per heavy atom. The molecule has 7 nitrogen and oxygen atoms in total. The molecule has 0 unspecified atom stereocenters. The second-order valence-electron chi connectivity index (χ2n) is 7.89. The van der Waals surface area contributed by atoms with Crippen molar-refractivity contribution in [1.82, 2.24) is 9.88 Å². The molecule has 3 aromatic carbocycles. The van der Waals surface area contributed by atoms with Crippen molar-refractivity contribution in [1.29, 1.82) is 0 Å². The van der Waals surface area contributed by atoms with Gasteiger partial charge in [0.2, 0.25) is 0 Å². The minimum atomic E-state index is -0.286. The summed E-state index contributed by atoms with van der Waals surface area (Å²) < 4.78 is 10.5. The van der Waals surface area contributed by atoms with Crippen LogP contribution in [-0.4, -0.2) is 36.7 Å². The molecule has 0 bridgehead atoms. The van der Waals surface area contributed by atoms with Crippen LogP contribution in [0.25, 0.3) is 10.9 Å². The third kappa shape index (κ3) is 5.56. The molecule has 34 heavy (non-hydrogen) atoms. The lowest BCUT2D eigenvalue weighted by Gasteiger charge is -2.23. The number of benzene rings is 3. The van der Waals surface area contributed by atoms with Crippen molar-refractivity contribution >= 4 is 22.6 Å². The average molecular weight is 458 g/mol. The van der Waals surface area contributed by atoms with E-state index in [0.717, 1.165) is 10.9 Å². The standard InChI is InChI=1S/C27H27N3O4/c1-33-23-10-8-22(9-11-23)28-27(32)30(15-14-19-6-4-3-5-7-19)18-21-16-20-17-24(34-2)12-13-25(20)29-26(21)31/h3-13,16-17H,14-15,18H2,1-2H3,(H,28,32)(H,29,31). The van der Waals surface area contributed by atoms with E-state index in [4.69, 9.17) is 9.47 Å². The van der Waals surface area contributed by atoms with Gasteiger partial charge in [0, 0.05) is 28.7 Å². The summed E-state index contributed by atoms with van der Waals surface area (Å²) in [6, 6.07) is 24.1. The van der Waals surface area contributed by atoms with E-state index in [1.54, 1.807) is 49.5 Å². The fourth-order valence-corrected chi connectivity index (χ4v) is 3.72. The molecule has 0 saturated heterocycles. The van der Waals surface area contributed by atoms with Crippen LogP contribution in [0.1, 0.15) is 11.1 Å². The van der Waals surface area contributed by atoms with Gasteiger partial charge in [-0.2, -0.15) is 0 Å². The monoisotopic (exact) mass is 457 g/mol. The second kappa shape index (κ2) is 10.6. The van der Waals surface area contributed by atoms with Crippen molar-refractivity contribution in [3.63, 3.8) is 0 Å². The second-order valence-corrected chi connectivity index (χ2v) is 7.89. The Hall–Kier alpha value is -4.26. The normalized spacial score (nSPS) is 10.6. The number of urea groups is 1. The molecule has 0 saturated carbocycles. The molecule has 0 radical (unpaired) electrons. The minimum absolute atomic E-state index is 0.164. The Balaban J connectivity index is 1.59. The Kier molecular flexibility index (Phi) is 7.13. The van der Waals surface area contributed by atoms with Crippen LogP contribution in [0.15, 0.2) is 83.7 Å². The lowest BCUT2D eigenvalue weighted by Crippen LogP contribution is -2.37. The van der Waals surface area contributed by atoms with Gasteiger partial charge in [-0.25, -0.2) is 4.79 Å². The highest BCUT2D eigenvalue weighted by molar-refractivity contribution is 5.89. The van der Waals surface area contributed by atoms with Crippen molar-refractivity contribution in [3.05, 3.63) is 100 Å². The third-order valence-electron chi connectivity index (χ3n) is 5.63. The maximum Gasteiger partial charge on any atom is 0.322 e. The average Bonchev–Trinajstić information content (AvgIpc) is 2.87. The number of anilines is 1. The third-order valence-corrected chi connectivity index (χ3v) is 5.63. The fraction of sp³-hybridized carbons (Fsp3) is 0.185. The molecule has 0 fully saturated rings. The Morgan fingerprint density at radius 3 is 2.32 bits per heavy atom. The lowest BCUT2D eigenvalue weighted by atomic mass is 10.1. The number of fused-ring (bicyclic) bond motifs is 1. The van der Waals surface area contributed by atoms with Gasteiger partial charge in [0.15, 0.2) is 0 Å². The molecule has 2 N–H and O–H groups in total. The first-order valence-electron chi connectivity index (χ1n) is 11.0. The van der Waals surface area contributed by atoms with E-state index in [1.165, 1.54) is 0 Å². The van der Waals surface area contributed by atoms with E-state index < -0.39 is 0 Å². The van der Waals surface area contributed by atoms with Gasteiger partial charge in [0.1, 0.15) is 11.5 Å². The zero-order chi connectivity index (χ0) is 23.9. The summed E-state index contributed by atoms with van der Waals surface area (Å²) in [6.45, 7) is 0.610. The van der Waals surface area contributed by atoms with Crippen molar-refractivity contribution in [2.45, 2.75) is 13.0 Å². The molecule has 0 aliphatic carbocycles. The number of methoxy groups -OCH3 is 2. The number of nitrogens with one attached hydrogen (secondary N) is 2. The van der Waals surface area contributed by atoms with E-state index in [2.05, 4.69) is 10.3 Å². The number of aromatic amines is 1. The molecule has 0 atom stereocenters. The van der Waals surface area contributed by atoms with Crippen LogP contribution in [0.4, 0.5) is 10.5 Å². The highest BCUT2D eigenvalue weighted by Gasteiger charge is 2.17. The summed E-state index contributed by atoms with van der Waals surface area (Å²) in [7, 11) is 3.19. The van der Waals surface area contributed by atoms with Crippen LogP contribution in [0.5, 0.6) is 11.5 Å². The van der Waals surface area contributed by atoms with Gasteiger partial charge in [0.25, 0.3) is 5.56 Å². The summed E-state index contributed by atoms with van der Waals surface area (Å²) >= 11 is 0. The molecule has 1 aromatic heterocycles. The number of nitrogens with zero attached hydrogens (tertiary/aromatic N) is 1. The predicted octanol–water partition coefficient (Wildman–Crippen LogP) is 4.82. The Morgan fingerprint density at radius 1 is 0.912 bits per heavy atom. The lowest BCUT2D eigenvalue weighted by molar-refractivity contribution is 0.209. The molecule has 0 spiro atoms. The molecular weight excluding hydrogens is 430 g/mol. The highest BCUT2D eigenvalue weighted by Crippen LogP contribution is 2.20. The number of ether oxygens (including phenoxy) is 2. The zero-order valence-electron chi connectivity index (χ0n) is 19.2. The van der Waals surface area contributed by atoms with Crippen LogP contribution in [-0.2, 0) is 13.0 Å². The summed E-state index contributed by atoms with van der Waals surface area (Å²) in [5.74, 6) is 1.40. The van der Waals surface area contributed by atoms with Crippen LogP contribution >= 0.6 is 0 Å². The number of carbonyl (C=O) groups excluding carboxylic acids is 1. The fourth-order valence-electron chi connectivity index (χ4n) is 3.72. The molecule has 1 heterocycles. The van der Waals surface area contributed by atoms with Gasteiger partial charge in [-0.1, -0.05) is 30.3 Å².